The predicted molar refractivity (Wildman–Crippen MR) is 125 cm³/mol. The third-order valence-electron chi connectivity index (χ3n) is 6.06. The van der Waals surface area contributed by atoms with Gasteiger partial charge in [0.1, 0.15) is 0 Å². The van der Waals surface area contributed by atoms with Crippen molar-refractivity contribution in [1.29, 1.82) is 0 Å². The number of piperidine rings is 1. The van der Waals surface area contributed by atoms with Gasteiger partial charge in [0.05, 0.1) is 27.4 Å². The molecule has 0 bridgehead atoms. The van der Waals surface area contributed by atoms with Crippen LogP contribution in [-0.4, -0.2) is 53.8 Å². The Hall–Kier alpha value is -3.62. The number of amides is 1. The highest BCUT2D eigenvalue weighted by atomic mass is 16.5. The number of ether oxygens (including phenoxy) is 3. The Morgan fingerprint density at radius 2 is 1.94 bits per heavy atom. The molecule has 1 aliphatic heterocycles. The van der Waals surface area contributed by atoms with E-state index in [4.69, 9.17) is 18.7 Å². The van der Waals surface area contributed by atoms with E-state index in [2.05, 4.69) is 15.1 Å². The molecule has 1 amide bonds. The highest BCUT2D eigenvalue weighted by Gasteiger charge is 2.27. The van der Waals surface area contributed by atoms with Gasteiger partial charge in [0.25, 0.3) is 0 Å². The van der Waals surface area contributed by atoms with Crippen LogP contribution in [0.25, 0.3) is 11.4 Å². The summed E-state index contributed by atoms with van der Waals surface area (Å²) in [7, 11) is 4.67. The van der Waals surface area contributed by atoms with E-state index < -0.39 is 0 Å². The second-order valence-corrected chi connectivity index (χ2v) is 8.16. The second-order valence-electron chi connectivity index (χ2n) is 8.16. The molecule has 9 heteroatoms. The van der Waals surface area contributed by atoms with Crippen molar-refractivity contribution in [2.45, 2.75) is 44.6 Å². The molecule has 1 fully saturated rings. The molecular formula is C25H30N4O5. The molecule has 34 heavy (non-hydrogen) atoms. The fourth-order valence-electron chi connectivity index (χ4n) is 4.37. The van der Waals surface area contributed by atoms with Crippen molar-refractivity contribution in [3.63, 3.8) is 0 Å². The van der Waals surface area contributed by atoms with E-state index in [0.717, 1.165) is 31.4 Å². The molecule has 0 aliphatic carbocycles. The summed E-state index contributed by atoms with van der Waals surface area (Å²) >= 11 is 0. The Morgan fingerprint density at radius 3 is 2.62 bits per heavy atom. The zero-order valence-corrected chi connectivity index (χ0v) is 19.8. The number of hydrogen-bond donors (Lipinski definition) is 0. The topological polar surface area (TPSA) is 99.8 Å². The number of methoxy groups -OCH3 is 3. The third kappa shape index (κ3) is 5.13. The maximum absolute atomic E-state index is 13.0. The summed E-state index contributed by atoms with van der Waals surface area (Å²) in [6.07, 6.45) is 8.33. The SMILES string of the molecule is COc1cc(-c2noc(CCCC(=O)N3CCCC[C@H]3c3cccnc3)n2)cc(OC)c1OC. The highest BCUT2D eigenvalue weighted by Crippen LogP contribution is 2.40. The maximum atomic E-state index is 13.0. The molecule has 9 nitrogen and oxygen atoms in total. The van der Waals surface area contributed by atoms with Gasteiger partial charge in [-0.05, 0) is 49.4 Å². The smallest absolute Gasteiger partial charge is 0.226 e. The van der Waals surface area contributed by atoms with Crippen LogP contribution in [0.1, 0.15) is 49.6 Å². The zero-order valence-electron chi connectivity index (χ0n) is 19.8. The van der Waals surface area contributed by atoms with Crippen LogP contribution in [0.15, 0.2) is 41.2 Å². The number of likely N-dealkylation sites (tertiary alicyclic amines) is 1. The number of nitrogens with zero attached hydrogens (tertiary/aromatic N) is 4. The van der Waals surface area contributed by atoms with Gasteiger partial charge in [-0.1, -0.05) is 11.2 Å². The minimum Gasteiger partial charge on any atom is -0.493 e. The van der Waals surface area contributed by atoms with Crippen LogP contribution < -0.4 is 14.2 Å². The summed E-state index contributed by atoms with van der Waals surface area (Å²) < 4.78 is 21.6. The highest BCUT2D eigenvalue weighted by molar-refractivity contribution is 5.76. The van der Waals surface area contributed by atoms with E-state index in [-0.39, 0.29) is 11.9 Å². The minimum absolute atomic E-state index is 0.102. The Labute approximate surface area is 199 Å². The molecule has 180 valence electrons. The summed E-state index contributed by atoms with van der Waals surface area (Å²) in [4.78, 5) is 23.7. The molecule has 1 aromatic carbocycles. The molecule has 0 radical (unpaired) electrons. The second kappa shape index (κ2) is 11.0. The molecular weight excluding hydrogens is 436 g/mol. The molecule has 1 atom stereocenters. The van der Waals surface area contributed by atoms with Gasteiger partial charge in [0.15, 0.2) is 11.5 Å². The average Bonchev–Trinajstić information content (AvgIpc) is 3.37. The molecule has 0 unspecified atom stereocenters. The van der Waals surface area contributed by atoms with Crippen LogP contribution in [0.4, 0.5) is 0 Å². The van der Waals surface area contributed by atoms with Crippen molar-refractivity contribution < 1.29 is 23.5 Å². The van der Waals surface area contributed by atoms with Gasteiger partial charge in [0, 0.05) is 37.3 Å². The Kier molecular flexibility index (Phi) is 7.61. The first-order valence-electron chi connectivity index (χ1n) is 11.5. The summed E-state index contributed by atoms with van der Waals surface area (Å²) in [5, 5.41) is 4.09. The Balaban J connectivity index is 1.38. The molecule has 0 N–H and O–H groups in total. The van der Waals surface area contributed by atoms with Crippen LogP contribution in [0.5, 0.6) is 17.2 Å². The Bertz CT molecular complexity index is 1080. The van der Waals surface area contributed by atoms with E-state index in [0.29, 0.717) is 53.8 Å². The average molecular weight is 467 g/mol. The number of carbonyl (C=O) groups excluding carboxylic acids is 1. The van der Waals surface area contributed by atoms with Crippen molar-refractivity contribution in [3.05, 3.63) is 48.1 Å². The summed E-state index contributed by atoms with van der Waals surface area (Å²) in [5.74, 6) is 2.58. The van der Waals surface area contributed by atoms with Crippen LogP contribution in [-0.2, 0) is 11.2 Å². The van der Waals surface area contributed by atoms with Gasteiger partial charge in [-0.15, -0.1) is 0 Å². The molecule has 4 rings (SSSR count). The van der Waals surface area contributed by atoms with E-state index in [1.54, 1.807) is 39.7 Å². The molecule has 1 aliphatic rings. The van der Waals surface area contributed by atoms with Crippen LogP contribution in [0, 0.1) is 0 Å². The molecule has 3 heterocycles. The van der Waals surface area contributed by atoms with Gasteiger partial charge in [-0.25, -0.2) is 0 Å². The monoisotopic (exact) mass is 466 g/mol. The summed E-state index contributed by atoms with van der Waals surface area (Å²) in [6, 6.07) is 7.62. The lowest BCUT2D eigenvalue weighted by molar-refractivity contribution is -0.135. The van der Waals surface area contributed by atoms with Gasteiger partial charge in [-0.2, -0.15) is 4.98 Å². The van der Waals surface area contributed by atoms with Gasteiger partial charge >= 0.3 is 0 Å². The normalized spacial score (nSPS) is 15.7. The first-order chi connectivity index (χ1) is 16.6. The van der Waals surface area contributed by atoms with Crippen molar-refractivity contribution in [2.24, 2.45) is 0 Å². The van der Waals surface area contributed by atoms with Crippen molar-refractivity contribution in [3.8, 4) is 28.6 Å². The van der Waals surface area contributed by atoms with Crippen LogP contribution in [0.3, 0.4) is 0 Å². The first-order valence-corrected chi connectivity index (χ1v) is 11.5. The Morgan fingerprint density at radius 1 is 1.15 bits per heavy atom. The molecule has 2 aromatic heterocycles. The lowest BCUT2D eigenvalue weighted by Crippen LogP contribution is -2.38. The number of aromatic nitrogens is 3. The fraction of sp³-hybridized carbons (Fsp3) is 0.440. The van der Waals surface area contributed by atoms with Crippen LogP contribution in [0.2, 0.25) is 0 Å². The number of carbonyl (C=O) groups is 1. The van der Waals surface area contributed by atoms with Crippen LogP contribution >= 0.6 is 0 Å². The summed E-state index contributed by atoms with van der Waals surface area (Å²) in [5.41, 5.74) is 1.79. The lowest BCUT2D eigenvalue weighted by Gasteiger charge is -2.36. The van der Waals surface area contributed by atoms with Crippen molar-refractivity contribution >= 4 is 5.91 Å². The zero-order chi connectivity index (χ0) is 23.9. The lowest BCUT2D eigenvalue weighted by atomic mass is 9.96. The van der Waals surface area contributed by atoms with E-state index in [9.17, 15) is 4.79 Å². The number of rotatable bonds is 9. The number of aryl methyl sites for hydroxylation is 1. The summed E-state index contributed by atoms with van der Waals surface area (Å²) in [6.45, 7) is 0.782. The first kappa shape index (κ1) is 23.5. The predicted octanol–water partition coefficient (Wildman–Crippen LogP) is 4.23. The molecule has 0 spiro atoms. The van der Waals surface area contributed by atoms with E-state index in [1.807, 2.05) is 23.2 Å². The number of pyridine rings is 1. The van der Waals surface area contributed by atoms with Crippen molar-refractivity contribution in [2.75, 3.05) is 27.9 Å². The molecule has 3 aromatic rings. The molecule has 1 saturated heterocycles. The molecule has 0 saturated carbocycles. The van der Waals surface area contributed by atoms with Gasteiger partial charge < -0.3 is 23.6 Å². The van der Waals surface area contributed by atoms with Gasteiger partial charge in [-0.3, -0.25) is 9.78 Å². The van der Waals surface area contributed by atoms with Gasteiger partial charge in [0.2, 0.25) is 23.4 Å². The maximum Gasteiger partial charge on any atom is 0.226 e. The standard InChI is InChI=1S/C25H30N4O5/c1-31-20-14-18(15-21(32-2)24(20)33-3)25-27-22(34-28-25)10-6-11-23(30)29-13-5-4-9-19(29)17-8-7-12-26-16-17/h7-8,12,14-16,19H,4-6,9-11,13H2,1-3H3/t19-/m0/s1. The van der Waals surface area contributed by atoms with E-state index in [1.165, 1.54) is 0 Å². The third-order valence-corrected chi connectivity index (χ3v) is 6.06. The van der Waals surface area contributed by atoms with E-state index >= 15 is 0 Å². The number of benzene rings is 1. The largest absolute Gasteiger partial charge is 0.493 e. The fourth-order valence-corrected chi connectivity index (χ4v) is 4.37. The number of hydrogen-bond acceptors (Lipinski definition) is 8. The van der Waals surface area contributed by atoms with Crippen molar-refractivity contribution in [1.82, 2.24) is 20.0 Å². The quantitative estimate of drug-likeness (QED) is 0.462. The minimum atomic E-state index is 0.102.